The highest BCUT2D eigenvalue weighted by atomic mass is 16.2. The topological polar surface area (TPSA) is 32.3 Å². The van der Waals surface area contributed by atoms with E-state index >= 15 is 0 Å². The van der Waals surface area contributed by atoms with E-state index < -0.39 is 5.41 Å². The van der Waals surface area contributed by atoms with Crippen LogP contribution in [0, 0.1) is 6.92 Å². The van der Waals surface area contributed by atoms with E-state index in [0.29, 0.717) is 12.1 Å². The molecule has 2 aliphatic heterocycles. The molecule has 0 radical (unpaired) electrons. The molecule has 1 N–H and O–H groups in total. The molecule has 0 saturated carbocycles. The van der Waals surface area contributed by atoms with Gasteiger partial charge in [-0.15, -0.1) is 0 Å². The number of amides is 1. The maximum atomic E-state index is 13.0. The van der Waals surface area contributed by atoms with Gasteiger partial charge in [-0.1, -0.05) is 29.8 Å². The van der Waals surface area contributed by atoms with Gasteiger partial charge in [-0.3, -0.25) is 4.79 Å². The molecule has 2 fully saturated rings. The monoisotopic (exact) mass is 286 g/mol. The van der Waals surface area contributed by atoms with Gasteiger partial charge in [0.25, 0.3) is 0 Å². The fourth-order valence-electron chi connectivity index (χ4n) is 3.62. The first-order valence-electron chi connectivity index (χ1n) is 8.09. The molecular weight excluding hydrogens is 260 g/mol. The summed E-state index contributed by atoms with van der Waals surface area (Å²) in [6.07, 6.45) is 3.57. The third-order valence-electron chi connectivity index (χ3n) is 5.12. The minimum Gasteiger partial charge on any atom is -0.340 e. The molecule has 2 bridgehead atoms. The van der Waals surface area contributed by atoms with Gasteiger partial charge in [0.2, 0.25) is 5.91 Å². The molecule has 1 amide bonds. The van der Waals surface area contributed by atoms with Crippen molar-refractivity contribution in [3.8, 4) is 0 Å². The Morgan fingerprint density at radius 2 is 1.81 bits per heavy atom. The maximum Gasteiger partial charge on any atom is 0.232 e. The molecule has 3 heteroatoms. The van der Waals surface area contributed by atoms with E-state index in [4.69, 9.17) is 0 Å². The number of hydrogen-bond donors (Lipinski definition) is 1. The first-order valence-corrected chi connectivity index (χ1v) is 8.09. The Hall–Kier alpha value is -1.35. The SMILES string of the molecule is Cc1ccc(C(C)(C)C(=O)N2CCC3CCC(C2)N3)cc1. The van der Waals surface area contributed by atoms with E-state index in [2.05, 4.69) is 55.3 Å². The number of aryl methyl sites for hydroxylation is 1. The lowest BCUT2D eigenvalue weighted by Gasteiger charge is -2.33. The predicted octanol–water partition coefficient (Wildman–Crippen LogP) is 2.63. The number of nitrogens with one attached hydrogen (secondary N) is 1. The van der Waals surface area contributed by atoms with Crippen molar-refractivity contribution in [1.82, 2.24) is 10.2 Å². The second kappa shape index (κ2) is 5.45. The largest absolute Gasteiger partial charge is 0.340 e. The van der Waals surface area contributed by atoms with Gasteiger partial charge in [0, 0.05) is 25.2 Å². The van der Waals surface area contributed by atoms with Crippen LogP contribution in [0.2, 0.25) is 0 Å². The number of benzene rings is 1. The zero-order valence-corrected chi connectivity index (χ0v) is 13.4. The molecule has 2 aliphatic rings. The van der Waals surface area contributed by atoms with Gasteiger partial charge in [-0.2, -0.15) is 0 Å². The van der Waals surface area contributed by atoms with Crippen LogP contribution < -0.4 is 5.32 Å². The summed E-state index contributed by atoms with van der Waals surface area (Å²) < 4.78 is 0. The second-order valence-electron chi connectivity index (χ2n) is 7.17. The summed E-state index contributed by atoms with van der Waals surface area (Å²) in [6.45, 7) is 7.94. The predicted molar refractivity (Wildman–Crippen MR) is 85.3 cm³/mol. The number of hydrogen-bond acceptors (Lipinski definition) is 2. The molecular formula is C18H26N2O. The fourth-order valence-corrected chi connectivity index (χ4v) is 3.62. The Balaban J connectivity index is 1.78. The van der Waals surface area contributed by atoms with Gasteiger partial charge in [0.05, 0.1) is 5.41 Å². The number of rotatable bonds is 2. The molecule has 1 aromatic rings. The van der Waals surface area contributed by atoms with Gasteiger partial charge in [-0.05, 0) is 45.6 Å². The molecule has 1 aromatic carbocycles. The number of fused-ring (bicyclic) bond motifs is 2. The van der Waals surface area contributed by atoms with Crippen molar-refractivity contribution in [2.24, 2.45) is 0 Å². The van der Waals surface area contributed by atoms with E-state index in [0.717, 1.165) is 25.1 Å². The van der Waals surface area contributed by atoms with Crippen molar-refractivity contribution in [3.63, 3.8) is 0 Å². The summed E-state index contributed by atoms with van der Waals surface area (Å²) in [5.41, 5.74) is 1.90. The van der Waals surface area contributed by atoms with Crippen LogP contribution in [0.25, 0.3) is 0 Å². The third-order valence-corrected chi connectivity index (χ3v) is 5.12. The molecule has 3 rings (SSSR count). The van der Waals surface area contributed by atoms with Crippen LogP contribution in [0.15, 0.2) is 24.3 Å². The average Bonchev–Trinajstić information content (AvgIpc) is 2.78. The Kier molecular flexibility index (Phi) is 3.78. The molecule has 2 unspecified atom stereocenters. The second-order valence-corrected chi connectivity index (χ2v) is 7.17. The lowest BCUT2D eigenvalue weighted by Crippen LogP contribution is -2.47. The molecule has 3 nitrogen and oxygen atoms in total. The third kappa shape index (κ3) is 2.84. The van der Waals surface area contributed by atoms with Gasteiger partial charge < -0.3 is 10.2 Å². The summed E-state index contributed by atoms with van der Waals surface area (Å²) >= 11 is 0. The number of carbonyl (C=O) groups excluding carboxylic acids is 1. The summed E-state index contributed by atoms with van der Waals surface area (Å²) in [7, 11) is 0. The van der Waals surface area contributed by atoms with Crippen LogP contribution in [0.5, 0.6) is 0 Å². The lowest BCUT2D eigenvalue weighted by atomic mass is 9.82. The highest BCUT2D eigenvalue weighted by Gasteiger charge is 2.37. The minimum atomic E-state index is -0.447. The summed E-state index contributed by atoms with van der Waals surface area (Å²) in [5.74, 6) is 0.265. The molecule has 21 heavy (non-hydrogen) atoms. The molecule has 114 valence electrons. The van der Waals surface area contributed by atoms with E-state index in [1.807, 2.05) is 0 Å². The van der Waals surface area contributed by atoms with Crippen LogP contribution in [-0.2, 0) is 10.2 Å². The Labute approximate surface area is 127 Å². The minimum absolute atomic E-state index is 0.265. The molecule has 2 saturated heterocycles. The fraction of sp³-hybridized carbons (Fsp3) is 0.611. The quantitative estimate of drug-likeness (QED) is 0.906. The van der Waals surface area contributed by atoms with Crippen molar-refractivity contribution < 1.29 is 4.79 Å². The van der Waals surface area contributed by atoms with Gasteiger partial charge in [0.1, 0.15) is 0 Å². The van der Waals surface area contributed by atoms with Crippen LogP contribution in [-0.4, -0.2) is 36.0 Å². The van der Waals surface area contributed by atoms with Crippen LogP contribution in [0.4, 0.5) is 0 Å². The van der Waals surface area contributed by atoms with Crippen molar-refractivity contribution >= 4 is 5.91 Å². The number of nitrogens with zero attached hydrogens (tertiary/aromatic N) is 1. The highest BCUT2D eigenvalue weighted by molar-refractivity contribution is 5.87. The van der Waals surface area contributed by atoms with Gasteiger partial charge in [-0.25, -0.2) is 0 Å². The first kappa shape index (κ1) is 14.6. The van der Waals surface area contributed by atoms with E-state index in [1.165, 1.54) is 18.4 Å². The van der Waals surface area contributed by atoms with Crippen LogP contribution >= 0.6 is 0 Å². The summed E-state index contributed by atoms with van der Waals surface area (Å²) in [4.78, 5) is 15.1. The van der Waals surface area contributed by atoms with E-state index in [-0.39, 0.29) is 5.91 Å². The van der Waals surface area contributed by atoms with Gasteiger partial charge >= 0.3 is 0 Å². The maximum absolute atomic E-state index is 13.0. The zero-order valence-electron chi connectivity index (χ0n) is 13.4. The molecule has 2 heterocycles. The van der Waals surface area contributed by atoms with Crippen molar-refractivity contribution in [2.75, 3.05) is 13.1 Å². The lowest BCUT2D eigenvalue weighted by molar-refractivity contribution is -0.136. The Morgan fingerprint density at radius 3 is 2.52 bits per heavy atom. The first-order chi connectivity index (χ1) is 9.96. The molecule has 0 spiro atoms. The average molecular weight is 286 g/mol. The molecule has 0 aromatic heterocycles. The number of carbonyl (C=O) groups is 1. The molecule has 2 atom stereocenters. The van der Waals surface area contributed by atoms with Crippen LogP contribution in [0.1, 0.15) is 44.2 Å². The van der Waals surface area contributed by atoms with Crippen molar-refractivity contribution in [1.29, 1.82) is 0 Å². The highest BCUT2D eigenvalue weighted by Crippen LogP contribution is 2.28. The number of likely N-dealkylation sites (tertiary alicyclic amines) is 1. The normalized spacial score (nSPS) is 25.8. The Bertz CT molecular complexity index is 521. The smallest absolute Gasteiger partial charge is 0.232 e. The zero-order chi connectivity index (χ0) is 15.0. The van der Waals surface area contributed by atoms with E-state index in [9.17, 15) is 4.79 Å². The van der Waals surface area contributed by atoms with Crippen molar-refractivity contribution in [2.45, 2.75) is 57.5 Å². The Morgan fingerprint density at radius 1 is 1.14 bits per heavy atom. The van der Waals surface area contributed by atoms with Crippen LogP contribution in [0.3, 0.4) is 0 Å². The van der Waals surface area contributed by atoms with E-state index in [1.54, 1.807) is 0 Å². The van der Waals surface area contributed by atoms with Gasteiger partial charge in [0.15, 0.2) is 0 Å². The standard InChI is InChI=1S/C18H26N2O/c1-13-4-6-14(7-5-13)18(2,3)17(21)20-11-10-15-8-9-16(12-20)19-15/h4-7,15-16,19H,8-12H2,1-3H3. The summed E-state index contributed by atoms with van der Waals surface area (Å²) in [5, 5.41) is 3.64. The summed E-state index contributed by atoms with van der Waals surface area (Å²) in [6, 6.07) is 9.49. The molecule has 0 aliphatic carbocycles. The van der Waals surface area contributed by atoms with Crippen molar-refractivity contribution in [3.05, 3.63) is 35.4 Å².